The van der Waals surface area contributed by atoms with Crippen molar-refractivity contribution >= 4 is 11.8 Å². The van der Waals surface area contributed by atoms with Gasteiger partial charge in [-0.3, -0.25) is 0 Å². The maximum atomic E-state index is 9.45. The fraction of sp³-hybridized carbons (Fsp3) is 0.368. The summed E-state index contributed by atoms with van der Waals surface area (Å²) in [5, 5.41) is 10.3. The van der Waals surface area contributed by atoms with Crippen molar-refractivity contribution in [2.75, 3.05) is 7.11 Å². The third-order valence-corrected chi connectivity index (χ3v) is 5.21. The van der Waals surface area contributed by atoms with Crippen LogP contribution in [0.15, 0.2) is 35.4 Å². The fourth-order valence-corrected chi connectivity index (χ4v) is 3.81. The molecule has 0 N–H and O–H groups in total. The lowest BCUT2D eigenvalue weighted by Crippen LogP contribution is -2.00. The van der Waals surface area contributed by atoms with E-state index in [0.29, 0.717) is 5.56 Å². The monoisotopic (exact) mass is 324 g/mol. The first-order valence-corrected chi connectivity index (χ1v) is 8.97. The summed E-state index contributed by atoms with van der Waals surface area (Å²) >= 11 is 1.63. The van der Waals surface area contributed by atoms with E-state index >= 15 is 0 Å². The summed E-state index contributed by atoms with van der Waals surface area (Å²) in [5.41, 5.74) is 4.34. The quantitative estimate of drug-likeness (QED) is 0.612. The topological polar surface area (TPSA) is 45.9 Å². The molecule has 3 nitrogen and oxygen atoms in total. The van der Waals surface area contributed by atoms with Crippen LogP contribution in [0.4, 0.5) is 0 Å². The van der Waals surface area contributed by atoms with Gasteiger partial charge < -0.3 is 4.74 Å². The predicted octanol–water partition coefficient (Wildman–Crippen LogP) is 4.52. The summed E-state index contributed by atoms with van der Waals surface area (Å²) in [6.45, 7) is 0. The highest BCUT2D eigenvalue weighted by Gasteiger charge is 2.14. The Balaban J connectivity index is 1.81. The van der Waals surface area contributed by atoms with Crippen molar-refractivity contribution in [1.82, 2.24) is 4.98 Å². The number of aromatic nitrogens is 1. The average molecular weight is 324 g/mol. The minimum absolute atomic E-state index is 0.707. The maximum Gasteiger partial charge on any atom is 0.119 e. The first kappa shape index (κ1) is 15.9. The first-order chi connectivity index (χ1) is 11.3. The number of aryl methyl sites for hydroxylation is 2. The second-order valence-electron chi connectivity index (χ2n) is 5.76. The van der Waals surface area contributed by atoms with Crippen molar-refractivity contribution in [2.45, 2.75) is 42.9 Å². The van der Waals surface area contributed by atoms with E-state index in [4.69, 9.17) is 9.72 Å². The molecule has 4 heteroatoms. The Morgan fingerprint density at radius 1 is 1.22 bits per heavy atom. The van der Waals surface area contributed by atoms with Gasteiger partial charge in [0.25, 0.3) is 0 Å². The molecular weight excluding hydrogens is 304 g/mol. The van der Waals surface area contributed by atoms with E-state index in [0.717, 1.165) is 29.4 Å². The van der Waals surface area contributed by atoms with Crippen molar-refractivity contribution in [2.24, 2.45) is 0 Å². The molecule has 1 aliphatic carbocycles. The number of ether oxygens (including phenoxy) is 1. The van der Waals surface area contributed by atoms with E-state index < -0.39 is 0 Å². The van der Waals surface area contributed by atoms with Gasteiger partial charge in [0.1, 0.15) is 16.8 Å². The molecule has 0 spiro atoms. The Morgan fingerprint density at radius 3 is 2.91 bits per heavy atom. The van der Waals surface area contributed by atoms with Gasteiger partial charge in [-0.05, 0) is 55.0 Å². The van der Waals surface area contributed by atoms with Crippen LogP contribution in [-0.2, 0) is 18.6 Å². The highest BCUT2D eigenvalue weighted by atomic mass is 32.2. The fourth-order valence-electron chi connectivity index (χ4n) is 2.90. The van der Waals surface area contributed by atoms with Crippen LogP contribution in [-0.4, -0.2) is 12.1 Å². The van der Waals surface area contributed by atoms with Crippen molar-refractivity contribution in [3.05, 3.63) is 52.7 Å². The predicted molar refractivity (Wildman–Crippen MR) is 92.8 cm³/mol. The number of hydrogen-bond acceptors (Lipinski definition) is 4. The summed E-state index contributed by atoms with van der Waals surface area (Å²) in [5.74, 6) is 1.65. The molecule has 0 saturated heterocycles. The number of hydrogen-bond donors (Lipinski definition) is 0. The van der Waals surface area contributed by atoms with Crippen LogP contribution in [0, 0.1) is 11.3 Å². The zero-order valence-corrected chi connectivity index (χ0v) is 14.2. The van der Waals surface area contributed by atoms with Crippen molar-refractivity contribution in [3.63, 3.8) is 0 Å². The van der Waals surface area contributed by atoms with Crippen LogP contribution in [0.25, 0.3) is 0 Å². The molecule has 0 atom stereocenters. The number of nitrogens with zero attached hydrogens (tertiary/aromatic N) is 2. The van der Waals surface area contributed by atoms with Crippen molar-refractivity contribution in [3.8, 4) is 11.8 Å². The number of pyridine rings is 1. The van der Waals surface area contributed by atoms with Crippen LogP contribution in [0.3, 0.4) is 0 Å². The number of fused-ring (bicyclic) bond motifs is 1. The van der Waals surface area contributed by atoms with E-state index in [-0.39, 0.29) is 0 Å². The van der Waals surface area contributed by atoms with Gasteiger partial charge in [-0.1, -0.05) is 18.6 Å². The second kappa shape index (κ2) is 7.52. The van der Waals surface area contributed by atoms with Crippen LogP contribution in [0.2, 0.25) is 0 Å². The summed E-state index contributed by atoms with van der Waals surface area (Å²) in [6, 6.07) is 12.4. The highest BCUT2D eigenvalue weighted by molar-refractivity contribution is 7.98. The van der Waals surface area contributed by atoms with E-state index in [2.05, 4.69) is 18.2 Å². The third-order valence-electron chi connectivity index (χ3n) is 4.15. The molecule has 0 amide bonds. The lowest BCUT2D eigenvalue weighted by atomic mass is 10.1. The largest absolute Gasteiger partial charge is 0.497 e. The lowest BCUT2D eigenvalue weighted by Gasteiger charge is -2.10. The number of benzene rings is 1. The Morgan fingerprint density at radius 2 is 2.09 bits per heavy atom. The van der Waals surface area contributed by atoms with Gasteiger partial charge in [-0.15, -0.1) is 11.8 Å². The molecule has 2 aromatic rings. The second-order valence-corrected chi connectivity index (χ2v) is 6.72. The third kappa shape index (κ3) is 3.86. The molecule has 23 heavy (non-hydrogen) atoms. The number of nitriles is 1. The summed E-state index contributed by atoms with van der Waals surface area (Å²) < 4.78 is 5.26. The molecule has 0 radical (unpaired) electrons. The molecular formula is C19H20N2OS. The zero-order chi connectivity index (χ0) is 16.1. The minimum Gasteiger partial charge on any atom is -0.497 e. The summed E-state index contributed by atoms with van der Waals surface area (Å²) in [7, 11) is 1.67. The van der Waals surface area contributed by atoms with E-state index in [1.807, 2.05) is 18.2 Å². The van der Waals surface area contributed by atoms with Crippen LogP contribution in [0.1, 0.15) is 41.6 Å². The van der Waals surface area contributed by atoms with Crippen molar-refractivity contribution < 1.29 is 4.74 Å². The number of thioether (sulfide) groups is 1. The van der Waals surface area contributed by atoms with Crippen LogP contribution in [0.5, 0.6) is 5.75 Å². The SMILES string of the molecule is COc1cccc(CSc2nc3c(cc2C#N)CCCCC3)c1. The van der Waals surface area contributed by atoms with Gasteiger partial charge >= 0.3 is 0 Å². The molecule has 0 fully saturated rings. The van der Waals surface area contributed by atoms with Gasteiger partial charge in [0.15, 0.2) is 0 Å². The molecule has 3 rings (SSSR count). The van der Waals surface area contributed by atoms with E-state index in [1.54, 1.807) is 18.9 Å². The van der Waals surface area contributed by atoms with E-state index in [9.17, 15) is 5.26 Å². The summed E-state index contributed by atoms with van der Waals surface area (Å²) in [6.07, 6.45) is 5.75. The lowest BCUT2D eigenvalue weighted by molar-refractivity contribution is 0.414. The molecule has 1 heterocycles. The number of methoxy groups -OCH3 is 1. The highest BCUT2D eigenvalue weighted by Crippen LogP contribution is 2.29. The smallest absolute Gasteiger partial charge is 0.119 e. The van der Waals surface area contributed by atoms with Gasteiger partial charge in [-0.25, -0.2) is 4.98 Å². The molecule has 1 aliphatic rings. The number of rotatable bonds is 4. The summed E-state index contributed by atoms with van der Waals surface area (Å²) in [4.78, 5) is 4.81. The zero-order valence-electron chi connectivity index (χ0n) is 13.3. The van der Waals surface area contributed by atoms with Crippen LogP contribution < -0.4 is 4.74 Å². The minimum atomic E-state index is 0.707. The molecule has 1 aromatic carbocycles. The van der Waals surface area contributed by atoms with Gasteiger partial charge in [0, 0.05) is 11.4 Å². The Labute approximate surface area is 141 Å². The standard InChI is InChI=1S/C19H20N2OS/c1-22-17-8-5-6-14(10-17)13-23-19-16(12-20)11-15-7-3-2-4-9-18(15)21-19/h5-6,8,10-11H,2-4,7,9,13H2,1H3. The first-order valence-electron chi connectivity index (χ1n) is 7.99. The van der Waals surface area contributed by atoms with Gasteiger partial charge in [-0.2, -0.15) is 5.26 Å². The Hall–Kier alpha value is -1.99. The molecule has 1 aromatic heterocycles. The van der Waals surface area contributed by atoms with Gasteiger partial charge in [0.05, 0.1) is 12.7 Å². The van der Waals surface area contributed by atoms with E-state index in [1.165, 1.54) is 36.1 Å². The Kier molecular flexibility index (Phi) is 5.19. The molecule has 0 bridgehead atoms. The molecule has 118 valence electrons. The van der Waals surface area contributed by atoms with Crippen molar-refractivity contribution in [1.29, 1.82) is 5.26 Å². The molecule has 0 aliphatic heterocycles. The molecule has 0 saturated carbocycles. The average Bonchev–Trinajstić information content (AvgIpc) is 2.83. The van der Waals surface area contributed by atoms with Crippen LogP contribution >= 0.6 is 11.8 Å². The van der Waals surface area contributed by atoms with Gasteiger partial charge in [0.2, 0.25) is 0 Å². The Bertz CT molecular complexity index is 737. The molecule has 0 unspecified atom stereocenters. The normalized spacial score (nSPS) is 13.7. The maximum absolute atomic E-state index is 9.45.